The van der Waals surface area contributed by atoms with Crippen LogP contribution in [0, 0.1) is 0 Å². The van der Waals surface area contributed by atoms with Gasteiger partial charge in [-0.25, -0.2) is 9.59 Å². The molecule has 0 saturated heterocycles. The van der Waals surface area contributed by atoms with Crippen molar-refractivity contribution >= 4 is 12.2 Å². The van der Waals surface area contributed by atoms with E-state index >= 15 is 0 Å². The fourth-order valence-corrected chi connectivity index (χ4v) is 2.08. The van der Waals surface area contributed by atoms with Crippen LogP contribution < -0.4 is 0 Å². The first-order chi connectivity index (χ1) is 10.3. The Morgan fingerprint density at radius 2 is 1.70 bits per heavy atom. The third kappa shape index (κ3) is 6.48. The maximum Gasteiger partial charge on any atom is 0.434 e. The number of hydroxylamine groups is 2. The zero-order valence-corrected chi connectivity index (χ0v) is 15.0. The largest absolute Gasteiger partial charge is 0.444 e. The number of amides is 2. The highest BCUT2D eigenvalue weighted by Gasteiger charge is 2.33. The number of hydrogen-bond donors (Lipinski definition) is 1. The molecule has 7 heteroatoms. The summed E-state index contributed by atoms with van der Waals surface area (Å²) in [6.45, 7) is 12.9. The molecular weight excluding hydrogens is 300 g/mol. The Labute approximate surface area is 137 Å². The molecule has 1 atom stereocenters. The smallest absolute Gasteiger partial charge is 0.434 e. The monoisotopic (exact) mass is 328 g/mol. The van der Waals surface area contributed by atoms with Crippen molar-refractivity contribution in [1.29, 1.82) is 0 Å². The highest BCUT2D eigenvalue weighted by molar-refractivity contribution is 5.70. The van der Waals surface area contributed by atoms with E-state index in [9.17, 15) is 14.8 Å². The van der Waals surface area contributed by atoms with Crippen LogP contribution in [0.2, 0.25) is 0 Å². The molecule has 1 heterocycles. The molecule has 23 heavy (non-hydrogen) atoms. The van der Waals surface area contributed by atoms with Crippen molar-refractivity contribution in [1.82, 2.24) is 9.96 Å². The lowest BCUT2D eigenvalue weighted by Crippen LogP contribution is -2.51. The van der Waals surface area contributed by atoms with E-state index in [0.717, 1.165) is 5.57 Å². The average Bonchev–Trinajstić information content (AvgIpc) is 2.32. The van der Waals surface area contributed by atoms with Crippen molar-refractivity contribution in [2.45, 2.75) is 65.7 Å². The Bertz CT molecular complexity index is 488. The molecule has 7 nitrogen and oxygen atoms in total. The molecule has 0 aromatic carbocycles. The van der Waals surface area contributed by atoms with Gasteiger partial charge in [0.1, 0.15) is 11.2 Å². The molecule has 1 aliphatic heterocycles. The first-order valence-corrected chi connectivity index (χ1v) is 7.65. The van der Waals surface area contributed by atoms with Gasteiger partial charge in [0.15, 0.2) is 0 Å². The predicted octanol–water partition coefficient (Wildman–Crippen LogP) is 3.18. The Balaban J connectivity index is 2.79. The van der Waals surface area contributed by atoms with Crippen molar-refractivity contribution in [3.8, 4) is 0 Å². The van der Waals surface area contributed by atoms with E-state index in [1.807, 2.05) is 6.92 Å². The zero-order valence-electron chi connectivity index (χ0n) is 15.0. The van der Waals surface area contributed by atoms with Crippen molar-refractivity contribution in [3.05, 3.63) is 11.6 Å². The molecule has 1 unspecified atom stereocenters. The number of hydrogen-bond acceptors (Lipinski definition) is 5. The van der Waals surface area contributed by atoms with E-state index in [2.05, 4.69) is 0 Å². The number of carbonyl (C=O) groups is 2. The van der Waals surface area contributed by atoms with Crippen LogP contribution in [-0.4, -0.2) is 57.7 Å². The maximum atomic E-state index is 12.2. The van der Waals surface area contributed by atoms with Crippen LogP contribution in [0.5, 0.6) is 0 Å². The molecule has 0 aliphatic carbocycles. The van der Waals surface area contributed by atoms with E-state index < -0.39 is 29.4 Å². The summed E-state index contributed by atoms with van der Waals surface area (Å²) in [5.41, 5.74) is -0.461. The molecule has 0 aromatic heterocycles. The van der Waals surface area contributed by atoms with Gasteiger partial charge in [-0.15, -0.1) is 0 Å². The molecule has 0 fully saturated rings. The minimum Gasteiger partial charge on any atom is -0.444 e. The summed E-state index contributed by atoms with van der Waals surface area (Å²) < 4.78 is 10.5. The van der Waals surface area contributed by atoms with E-state index in [1.54, 1.807) is 47.6 Å². The highest BCUT2D eigenvalue weighted by Crippen LogP contribution is 2.19. The second kappa shape index (κ2) is 6.78. The number of carbonyl (C=O) groups excluding carboxylic acids is 2. The van der Waals surface area contributed by atoms with E-state index in [-0.39, 0.29) is 6.54 Å². The van der Waals surface area contributed by atoms with Crippen LogP contribution in [0.4, 0.5) is 9.59 Å². The summed E-state index contributed by atoms with van der Waals surface area (Å²) in [6.07, 6.45) is 0.412. The third-order valence-corrected chi connectivity index (χ3v) is 2.87. The van der Waals surface area contributed by atoms with Gasteiger partial charge in [0, 0.05) is 6.54 Å². The predicted molar refractivity (Wildman–Crippen MR) is 85.2 cm³/mol. The molecule has 132 valence electrons. The van der Waals surface area contributed by atoms with Crippen molar-refractivity contribution < 1.29 is 24.3 Å². The van der Waals surface area contributed by atoms with Crippen LogP contribution in [0.15, 0.2) is 11.6 Å². The van der Waals surface area contributed by atoms with Crippen molar-refractivity contribution in [2.75, 3.05) is 13.1 Å². The van der Waals surface area contributed by atoms with Crippen LogP contribution in [0.25, 0.3) is 0 Å². The molecule has 0 aromatic rings. The molecule has 1 rings (SSSR count). The summed E-state index contributed by atoms with van der Waals surface area (Å²) in [7, 11) is 0. The van der Waals surface area contributed by atoms with Crippen LogP contribution >= 0.6 is 0 Å². The molecule has 0 bridgehead atoms. The summed E-state index contributed by atoms with van der Waals surface area (Å²) in [5.74, 6) is 0. The van der Waals surface area contributed by atoms with Gasteiger partial charge in [-0.2, -0.15) is 5.06 Å². The van der Waals surface area contributed by atoms with Gasteiger partial charge in [0.05, 0.1) is 12.6 Å². The lowest BCUT2D eigenvalue weighted by Gasteiger charge is -2.35. The number of ether oxygens (including phenoxy) is 2. The molecule has 1 N–H and O–H groups in total. The topological polar surface area (TPSA) is 79.3 Å². The van der Waals surface area contributed by atoms with Gasteiger partial charge >= 0.3 is 12.2 Å². The minimum atomic E-state index is -0.849. The van der Waals surface area contributed by atoms with E-state index in [1.165, 1.54) is 4.90 Å². The van der Waals surface area contributed by atoms with Gasteiger partial charge in [-0.05, 0) is 48.5 Å². The van der Waals surface area contributed by atoms with Gasteiger partial charge in [0.25, 0.3) is 0 Å². The summed E-state index contributed by atoms with van der Waals surface area (Å²) >= 11 is 0. The van der Waals surface area contributed by atoms with Crippen LogP contribution in [-0.2, 0) is 9.47 Å². The lowest BCUT2D eigenvalue weighted by atomic mass is 10.1. The Hall–Kier alpha value is -1.76. The van der Waals surface area contributed by atoms with Crippen molar-refractivity contribution in [3.63, 3.8) is 0 Å². The summed E-state index contributed by atoms with van der Waals surface area (Å²) in [5, 5.41) is 10.6. The fourth-order valence-electron chi connectivity index (χ4n) is 2.08. The SMILES string of the molecule is CC1=CC(N(O)C(=O)OC(C)(C)C)CN(C(=O)OC(C)(C)C)C1. The van der Waals surface area contributed by atoms with Gasteiger partial charge in [-0.3, -0.25) is 5.21 Å². The minimum absolute atomic E-state index is 0.141. The van der Waals surface area contributed by atoms with Crippen molar-refractivity contribution in [2.24, 2.45) is 0 Å². The average molecular weight is 328 g/mol. The van der Waals surface area contributed by atoms with E-state index in [0.29, 0.717) is 11.6 Å². The molecular formula is C16H28N2O5. The summed E-state index contributed by atoms with van der Waals surface area (Å²) in [4.78, 5) is 25.6. The quantitative estimate of drug-likeness (QED) is 0.454. The van der Waals surface area contributed by atoms with Gasteiger partial charge < -0.3 is 14.4 Å². The molecule has 0 radical (unpaired) electrons. The highest BCUT2D eigenvalue weighted by atomic mass is 16.6. The number of nitrogens with zero attached hydrogens (tertiary/aromatic N) is 2. The molecule has 1 aliphatic rings. The molecule has 0 spiro atoms. The Morgan fingerprint density at radius 3 is 2.17 bits per heavy atom. The van der Waals surface area contributed by atoms with E-state index in [4.69, 9.17) is 9.47 Å². The van der Waals surface area contributed by atoms with Crippen LogP contribution in [0.3, 0.4) is 0 Å². The lowest BCUT2D eigenvalue weighted by molar-refractivity contribution is -0.115. The standard InChI is InChI=1S/C16H28N2O5/c1-11-8-12(18(21)14(20)23-16(5,6)7)10-17(9-11)13(19)22-15(2,3)4/h8,12,21H,9-10H2,1-7H3. The summed E-state index contributed by atoms with van der Waals surface area (Å²) in [6, 6.07) is -0.675. The maximum absolute atomic E-state index is 12.2. The zero-order chi connectivity index (χ0) is 18.0. The number of rotatable bonds is 1. The fraction of sp³-hybridized carbons (Fsp3) is 0.750. The first-order valence-electron chi connectivity index (χ1n) is 7.65. The Morgan fingerprint density at radius 1 is 1.17 bits per heavy atom. The second-order valence-electron chi connectivity index (χ2n) is 7.77. The Kier molecular flexibility index (Phi) is 5.69. The van der Waals surface area contributed by atoms with Crippen LogP contribution in [0.1, 0.15) is 48.5 Å². The second-order valence-corrected chi connectivity index (χ2v) is 7.77. The third-order valence-electron chi connectivity index (χ3n) is 2.87. The first kappa shape index (κ1) is 19.3. The molecule has 2 amide bonds. The molecule has 0 saturated carbocycles. The van der Waals surface area contributed by atoms with Gasteiger partial charge in [-0.1, -0.05) is 11.6 Å². The van der Waals surface area contributed by atoms with Gasteiger partial charge in [0.2, 0.25) is 0 Å². The normalized spacial score (nSPS) is 19.0.